The van der Waals surface area contributed by atoms with Crippen molar-refractivity contribution in [1.82, 2.24) is 9.88 Å². The van der Waals surface area contributed by atoms with E-state index in [1.807, 2.05) is 0 Å². The van der Waals surface area contributed by atoms with Gasteiger partial charge in [0, 0.05) is 18.4 Å². The highest BCUT2D eigenvalue weighted by Crippen LogP contribution is 2.19. The van der Waals surface area contributed by atoms with Crippen LogP contribution in [0.4, 0.5) is 0 Å². The summed E-state index contributed by atoms with van der Waals surface area (Å²) in [6.45, 7) is 2.49. The highest BCUT2D eigenvalue weighted by atomic mass is 16.4. The third kappa shape index (κ3) is 3.60. The van der Waals surface area contributed by atoms with E-state index in [1.165, 1.54) is 0 Å². The van der Waals surface area contributed by atoms with Crippen molar-refractivity contribution in [3.05, 3.63) is 24.0 Å². The number of nitrogens with zero attached hydrogens (tertiary/aromatic N) is 1. The lowest BCUT2D eigenvalue weighted by Gasteiger charge is -2.26. The minimum absolute atomic E-state index is 0.0711. The second kappa shape index (κ2) is 6.05. The van der Waals surface area contributed by atoms with Crippen molar-refractivity contribution in [2.45, 2.75) is 19.4 Å². The molecule has 1 aromatic heterocycles. The Kier molecular flexibility index (Phi) is 4.71. The van der Waals surface area contributed by atoms with Crippen molar-refractivity contribution < 1.29 is 19.8 Å². The van der Waals surface area contributed by atoms with Crippen LogP contribution >= 0.6 is 0 Å². The topological polar surface area (TPSA) is 93.6 Å². The van der Waals surface area contributed by atoms with Crippen molar-refractivity contribution in [2.75, 3.05) is 13.1 Å². The molecule has 1 aromatic rings. The molecule has 0 saturated carbocycles. The largest absolute Gasteiger partial charge is 0.481 e. The second-order valence-electron chi connectivity index (χ2n) is 3.64. The van der Waals surface area contributed by atoms with Crippen LogP contribution in [0.3, 0.4) is 0 Å². The fraction of sp³-hybridized carbons (Fsp3) is 0.455. The Balaban J connectivity index is 2.80. The Morgan fingerprint density at radius 3 is 2.59 bits per heavy atom. The van der Waals surface area contributed by atoms with E-state index in [-0.39, 0.29) is 13.0 Å². The summed E-state index contributed by atoms with van der Waals surface area (Å²) in [7, 11) is 0. The zero-order chi connectivity index (χ0) is 12.8. The predicted octanol–water partition coefficient (Wildman–Crippen LogP) is 0.937. The van der Waals surface area contributed by atoms with Gasteiger partial charge in [0.05, 0.1) is 6.42 Å². The smallest absolute Gasteiger partial charge is 0.327 e. The first-order chi connectivity index (χ1) is 8.06. The average Bonchev–Trinajstić information content (AvgIpc) is 2.76. The number of carboxylic acids is 2. The van der Waals surface area contributed by atoms with E-state index in [4.69, 9.17) is 5.11 Å². The maximum atomic E-state index is 11.2. The number of aromatic amines is 1. The summed E-state index contributed by atoms with van der Waals surface area (Å²) in [6, 6.07) is 2.58. The van der Waals surface area contributed by atoms with Gasteiger partial charge in [-0.25, -0.2) is 0 Å². The van der Waals surface area contributed by atoms with Gasteiger partial charge < -0.3 is 15.2 Å². The van der Waals surface area contributed by atoms with Gasteiger partial charge in [0.25, 0.3) is 0 Å². The third-order valence-electron chi connectivity index (χ3n) is 2.53. The number of carbonyl (C=O) groups is 2. The van der Waals surface area contributed by atoms with Gasteiger partial charge in [-0.1, -0.05) is 6.92 Å². The van der Waals surface area contributed by atoms with Gasteiger partial charge in [0.15, 0.2) is 0 Å². The molecule has 1 rings (SSSR count). The standard InChI is InChI=1S/C11H16N2O4/c1-2-13(7-5-9(14)15)10(11(16)17)8-4-3-6-12-8/h3-4,6,10,12H,2,5,7H2,1H3,(H,14,15)(H,16,17). The van der Waals surface area contributed by atoms with Gasteiger partial charge in [0.1, 0.15) is 6.04 Å². The molecule has 0 aromatic carbocycles. The minimum atomic E-state index is -0.986. The molecule has 0 amide bonds. The van der Waals surface area contributed by atoms with E-state index >= 15 is 0 Å². The Hall–Kier alpha value is -1.82. The van der Waals surface area contributed by atoms with E-state index in [0.717, 1.165) is 0 Å². The molecule has 1 unspecified atom stereocenters. The lowest BCUT2D eigenvalue weighted by Crippen LogP contribution is -2.35. The summed E-state index contributed by atoms with van der Waals surface area (Å²) in [5.41, 5.74) is 0.560. The molecule has 0 aliphatic carbocycles. The van der Waals surface area contributed by atoms with E-state index in [2.05, 4.69) is 4.98 Å². The number of carboxylic acid groups (broad SMARTS) is 2. The molecule has 3 N–H and O–H groups in total. The van der Waals surface area contributed by atoms with Crippen molar-refractivity contribution in [2.24, 2.45) is 0 Å². The number of likely N-dealkylation sites (N-methyl/N-ethyl adjacent to an activating group) is 1. The van der Waals surface area contributed by atoms with Crippen molar-refractivity contribution in [3.8, 4) is 0 Å². The molecule has 0 fully saturated rings. The summed E-state index contributed by atoms with van der Waals surface area (Å²) >= 11 is 0. The average molecular weight is 240 g/mol. The monoisotopic (exact) mass is 240 g/mol. The first-order valence-corrected chi connectivity index (χ1v) is 5.38. The van der Waals surface area contributed by atoms with Gasteiger partial charge in [-0.2, -0.15) is 0 Å². The Morgan fingerprint density at radius 2 is 2.18 bits per heavy atom. The highest BCUT2D eigenvalue weighted by Gasteiger charge is 2.27. The molecule has 0 spiro atoms. The quantitative estimate of drug-likeness (QED) is 0.659. The molecule has 0 bridgehead atoms. The SMILES string of the molecule is CCN(CCC(=O)O)C(C(=O)O)c1ccc[nH]1. The number of nitrogens with one attached hydrogen (secondary N) is 1. The van der Waals surface area contributed by atoms with Crippen LogP contribution in [-0.2, 0) is 9.59 Å². The molecule has 1 heterocycles. The molecule has 1 atom stereocenters. The Morgan fingerprint density at radius 1 is 1.47 bits per heavy atom. The van der Waals surface area contributed by atoms with Crippen molar-refractivity contribution >= 4 is 11.9 Å². The number of rotatable bonds is 7. The highest BCUT2D eigenvalue weighted by molar-refractivity contribution is 5.75. The molecule has 0 radical (unpaired) electrons. The van der Waals surface area contributed by atoms with Crippen LogP contribution in [0.15, 0.2) is 18.3 Å². The first-order valence-electron chi connectivity index (χ1n) is 5.38. The lowest BCUT2D eigenvalue weighted by molar-refractivity contribution is -0.145. The maximum absolute atomic E-state index is 11.2. The van der Waals surface area contributed by atoms with E-state index in [9.17, 15) is 14.7 Å². The first kappa shape index (κ1) is 13.2. The molecule has 0 aliphatic rings. The number of H-pyrrole nitrogens is 1. The maximum Gasteiger partial charge on any atom is 0.327 e. The zero-order valence-electron chi connectivity index (χ0n) is 9.59. The number of aromatic nitrogens is 1. The number of aliphatic carboxylic acids is 2. The Labute approximate surface area is 98.9 Å². The molecule has 6 heteroatoms. The number of hydrogen-bond acceptors (Lipinski definition) is 3. The van der Waals surface area contributed by atoms with E-state index in [1.54, 1.807) is 30.2 Å². The molecule has 6 nitrogen and oxygen atoms in total. The van der Waals surface area contributed by atoms with Crippen LogP contribution in [0.5, 0.6) is 0 Å². The summed E-state index contributed by atoms with van der Waals surface area (Å²) < 4.78 is 0. The number of hydrogen-bond donors (Lipinski definition) is 3. The van der Waals surface area contributed by atoms with Gasteiger partial charge in [-0.3, -0.25) is 14.5 Å². The van der Waals surface area contributed by atoms with E-state index in [0.29, 0.717) is 12.2 Å². The molecule has 0 aliphatic heterocycles. The summed E-state index contributed by atoms with van der Waals surface area (Å²) in [4.78, 5) is 26.2. The third-order valence-corrected chi connectivity index (χ3v) is 2.53. The predicted molar refractivity (Wildman–Crippen MR) is 60.7 cm³/mol. The lowest BCUT2D eigenvalue weighted by atomic mass is 10.1. The van der Waals surface area contributed by atoms with Crippen LogP contribution in [0.1, 0.15) is 25.1 Å². The van der Waals surface area contributed by atoms with Crippen molar-refractivity contribution in [3.63, 3.8) is 0 Å². The van der Waals surface area contributed by atoms with Gasteiger partial charge in [-0.15, -0.1) is 0 Å². The van der Waals surface area contributed by atoms with Crippen molar-refractivity contribution in [1.29, 1.82) is 0 Å². The van der Waals surface area contributed by atoms with Crippen LogP contribution in [0.2, 0.25) is 0 Å². The molecule has 0 saturated heterocycles. The van der Waals surface area contributed by atoms with E-state index < -0.39 is 18.0 Å². The second-order valence-corrected chi connectivity index (χ2v) is 3.64. The van der Waals surface area contributed by atoms with Crippen LogP contribution in [0, 0.1) is 0 Å². The van der Waals surface area contributed by atoms with Gasteiger partial charge in [-0.05, 0) is 18.7 Å². The summed E-state index contributed by atoms with van der Waals surface area (Å²) in [6.07, 6.45) is 1.58. The fourth-order valence-corrected chi connectivity index (χ4v) is 1.71. The van der Waals surface area contributed by atoms with Gasteiger partial charge >= 0.3 is 11.9 Å². The normalized spacial score (nSPS) is 12.6. The molecular weight excluding hydrogens is 224 g/mol. The van der Waals surface area contributed by atoms with Crippen LogP contribution < -0.4 is 0 Å². The fourth-order valence-electron chi connectivity index (χ4n) is 1.71. The molecule has 17 heavy (non-hydrogen) atoms. The molecular formula is C11H16N2O4. The summed E-state index contributed by atoms with van der Waals surface area (Å²) in [5.74, 6) is -1.92. The minimum Gasteiger partial charge on any atom is -0.481 e. The Bertz CT molecular complexity index is 375. The van der Waals surface area contributed by atoms with Crippen LogP contribution in [0.25, 0.3) is 0 Å². The molecule has 94 valence electrons. The zero-order valence-corrected chi connectivity index (χ0v) is 9.59. The van der Waals surface area contributed by atoms with Gasteiger partial charge in [0.2, 0.25) is 0 Å². The van der Waals surface area contributed by atoms with Crippen LogP contribution in [-0.4, -0.2) is 45.1 Å². The summed E-state index contributed by atoms with van der Waals surface area (Å²) in [5, 5.41) is 17.8.